The standard InChI is InChI=1S/C14H20N2O5S/c1-3-9-16(10-8-14(18)19)22(20,21)13-6-4-12(5-7-13)15-11(2)17/h4-7H,3,8-10H2,1-2H3,(H,15,17)(H,18,19). The van der Waals surface area contributed by atoms with Gasteiger partial charge in [0.15, 0.2) is 0 Å². The highest BCUT2D eigenvalue weighted by atomic mass is 32.2. The maximum absolute atomic E-state index is 12.5. The predicted molar refractivity (Wildman–Crippen MR) is 82.0 cm³/mol. The van der Waals surface area contributed by atoms with Crippen molar-refractivity contribution in [1.29, 1.82) is 0 Å². The molecule has 0 unspecified atom stereocenters. The molecule has 0 aliphatic heterocycles. The number of nitrogens with one attached hydrogen (secondary N) is 1. The van der Waals surface area contributed by atoms with Gasteiger partial charge in [0, 0.05) is 25.7 Å². The van der Waals surface area contributed by atoms with Gasteiger partial charge in [-0.05, 0) is 30.7 Å². The van der Waals surface area contributed by atoms with Gasteiger partial charge in [-0.3, -0.25) is 9.59 Å². The molecule has 0 fully saturated rings. The molecule has 7 nitrogen and oxygen atoms in total. The van der Waals surface area contributed by atoms with Gasteiger partial charge in [-0.15, -0.1) is 0 Å². The second-order valence-corrected chi connectivity index (χ2v) is 6.69. The van der Waals surface area contributed by atoms with E-state index in [1.54, 1.807) is 0 Å². The number of sulfonamides is 1. The number of carboxylic acid groups (broad SMARTS) is 1. The van der Waals surface area contributed by atoms with Crippen molar-refractivity contribution in [2.75, 3.05) is 18.4 Å². The highest BCUT2D eigenvalue weighted by molar-refractivity contribution is 7.89. The summed E-state index contributed by atoms with van der Waals surface area (Å²) in [6.07, 6.45) is 0.339. The lowest BCUT2D eigenvalue weighted by molar-refractivity contribution is -0.137. The lowest BCUT2D eigenvalue weighted by atomic mass is 10.3. The summed E-state index contributed by atoms with van der Waals surface area (Å²) in [6, 6.07) is 5.78. The molecule has 2 N–H and O–H groups in total. The molecule has 0 heterocycles. The molecule has 0 radical (unpaired) electrons. The molecule has 8 heteroatoms. The van der Waals surface area contributed by atoms with Crippen LogP contribution in [0.1, 0.15) is 26.7 Å². The smallest absolute Gasteiger partial charge is 0.304 e. The topological polar surface area (TPSA) is 104 Å². The summed E-state index contributed by atoms with van der Waals surface area (Å²) in [7, 11) is -3.75. The molecule has 0 aliphatic rings. The summed E-state index contributed by atoms with van der Waals surface area (Å²) in [4.78, 5) is 21.7. The van der Waals surface area contributed by atoms with Gasteiger partial charge in [0.25, 0.3) is 0 Å². The number of hydrogen-bond donors (Lipinski definition) is 2. The Bertz CT molecular complexity index is 625. The molecule has 1 amide bonds. The molecule has 0 aliphatic carbocycles. The predicted octanol–water partition coefficient (Wildman–Crippen LogP) is 1.52. The molecular weight excluding hydrogens is 308 g/mol. The molecule has 122 valence electrons. The molecule has 0 saturated heterocycles. The quantitative estimate of drug-likeness (QED) is 0.753. The average molecular weight is 328 g/mol. The third kappa shape index (κ3) is 5.12. The summed E-state index contributed by atoms with van der Waals surface area (Å²) in [5, 5.41) is 11.3. The van der Waals surface area contributed by atoms with E-state index in [0.29, 0.717) is 12.1 Å². The van der Waals surface area contributed by atoms with Crippen LogP contribution >= 0.6 is 0 Å². The minimum Gasteiger partial charge on any atom is -0.481 e. The van der Waals surface area contributed by atoms with Crippen LogP contribution in [-0.4, -0.2) is 42.8 Å². The number of amides is 1. The van der Waals surface area contributed by atoms with E-state index < -0.39 is 16.0 Å². The Labute approximate surface area is 130 Å². The maximum Gasteiger partial charge on any atom is 0.304 e. The first-order chi connectivity index (χ1) is 10.3. The third-order valence-corrected chi connectivity index (χ3v) is 4.77. The van der Waals surface area contributed by atoms with Crippen LogP contribution in [0.2, 0.25) is 0 Å². The minimum absolute atomic E-state index is 0.0699. The average Bonchev–Trinajstić information content (AvgIpc) is 2.43. The van der Waals surface area contributed by atoms with Crippen molar-refractivity contribution < 1.29 is 23.1 Å². The largest absolute Gasteiger partial charge is 0.481 e. The van der Waals surface area contributed by atoms with Crippen molar-refractivity contribution in [2.45, 2.75) is 31.6 Å². The Kier molecular flexibility index (Phi) is 6.51. The molecule has 0 aromatic heterocycles. The zero-order valence-electron chi connectivity index (χ0n) is 12.6. The van der Waals surface area contributed by atoms with E-state index >= 15 is 0 Å². The number of hydrogen-bond acceptors (Lipinski definition) is 4. The number of carbonyl (C=O) groups excluding carboxylic acids is 1. The molecule has 0 spiro atoms. The summed E-state index contributed by atoms with van der Waals surface area (Å²) in [5.74, 6) is -1.29. The summed E-state index contributed by atoms with van der Waals surface area (Å²) >= 11 is 0. The third-order valence-electron chi connectivity index (χ3n) is 2.86. The van der Waals surface area contributed by atoms with Crippen LogP contribution in [0.3, 0.4) is 0 Å². The summed E-state index contributed by atoms with van der Waals surface area (Å²) in [6.45, 7) is 3.37. The first-order valence-corrected chi connectivity index (χ1v) is 8.31. The number of aliphatic carboxylic acids is 1. The monoisotopic (exact) mass is 328 g/mol. The lowest BCUT2D eigenvalue weighted by Crippen LogP contribution is -2.33. The van der Waals surface area contributed by atoms with Gasteiger partial charge in [-0.2, -0.15) is 4.31 Å². The van der Waals surface area contributed by atoms with Crippen LogP contribution in [0.15, 0.2) is 29.2 Å². The normalized spacial score (nSPS) is 11.4. The Morgan fingerprint density at radius 2 is 1.77 bits per heavy atom. The second-order valence-electron chi connectivity index (χ2n) is 4.75. The highest BCUT2D eigenvalue weighted by Crippen LogP contribution is 2.19. The Morgan fingerprint density at radius 3 is 2.23 bits per heavy atom. The molecule has 0 saturated carbocycles. The van der Waals surface area contributed by atoms with Crippen molar-refractivity contribution in [3.05, 3.63) is 24.3 Å². The van der Waals surface area contributed by atoms with Crippen LogP contribution < -0.4 is 5.32 Å². The van der Waals surface area contributed by atoms with Gasteiger partial charge >= 0.3 is 5.97 Å². The molecule has 1 aromatic rings. The number of benzene rings is 1. The van der Waals surface area contributed by atoms with Gasteiger partial charge in [0.05, 0.1) is 11.3 Å². The SMILES string of the molecule is CCCN(CCC(=O)O)S(=O)(=O)c1ccc(NC(C)=O)cc1. The zero-order valence-corrected chi connectivity index (χ0v) is 13.4. The van der Waals surface area contributed by atoms with Gasteiger partial charge in [0.2, 0.25) is 15.9 Å². The van der Waals surface area contributed by atoms with E-state index in [9.17, 15) is 18.0 Å². The minimum atomic E-state index is -3.75. The Morgan fingerprint density at radius 1 is 1.18 bits per heavy atom. The molecule has 22 heavy (non-hydrogen) atoms. The van der Waals surface area contributed by atoms with Gasteiger partial charge < -0.3 is 10.4 Å². The Balaban J connectivity index is 2.98. The van der Waals surface area contributed by atoms with Crippen molar-refractivity contribution in [1.82, 2.24) is 4.31 Å². The fourth-order valence-corrected chi connectivity index (χ4v) is 3.42. The Hall–Kier alpha value is -1.93. The van der Waals surface area contributed by atoms with Crippen LogP contribution in [0.25, 0.3) is 0 Å². The number of nitrogens with zero attached hydrogens (tertiary/aromatic N) is 1. The van der Waals surface area contributed by atoms with E-state index in [-0.39, 0.29) is 30.3 Å². The molecule has 1 rings (SSSR count). The fraction of sp³-hybridized carbons (Fsp3) is 0.429. The highest BCUT2D eigenvalue weighted by Gasteiger charge is 2.24. The van der Waals surface area contributed by atoms with E-state index in [1.165, 1.54) is 31.2 Å². The van der Waals surface area contributed by atoms with Crippen molar-refractivity contribution >= 4 is 27.6 Å². The first-order valence-electron chi connectivity index (χ1n) is 6.87. The number of carbonyl (C=O) groups is 2. The molecular formula is C14H20N2O5S. The lowest BCUT2D eigenvalue weighted by Gasteiger charge is -2.21. The number of anilines is 1. The molecule has 0 atom stereocenters. The zero-order chi connectivity index (χ0) is 16.8. The van der Waals surface area contributed by atoms with Crippen molar-refractivity contribution in [2.24, 2.45) is 0 Å². The van der Waals surface area contributed by atoms with Gasteiger partial charge in [0.1, 0.15) is 0 Å². The number of carboxylic acids is 1. The van der Waals surface area contributed by atoms with E-state index in [1.807, 2.05) is 6.92 Å². The first kappa shape index (κ1) is 18.1. The fourth-order valence-electron chi connectivity index (χ4n) is 1.88. The summed E-state index contributed by atoms with van der Waals surface area (Å²) in [5.41, 5.74) is 0.499. The molecule has 1 aromatic carbocycles. The van der Waals surface area contributed by atoms with Crippen LogP contribution in [0, 0.1) is 0 Å². The van der Waals surface area contributed by atoms with Crippen molar-refractivity contribution in [3.8, 4) is 0 Å². The van der Waals surface area contributed by atoms with Crippen LogP contribution in [-0.2, 0) is 19.6 Å². The van der Waals surface area contributed by atoms with Crippen molar-refractivity contribution in [3.63, 3.8) is 0 Å². The summed E-state index contributed by atoms with van der Waals surface area (Å²) < 4.78 is 26.2. The van der Waals surface area contributed by atoms with E-state index in [2.05, 4.69) is 5.32 Å². The van der Waals surface area contributed by atoms with Gasteiger partial charge in [-0.1, -0.05) is 6.92 Å². The maximum atomic E-state index is 12.5. The van der Waals surface area contributed by atoms with E-state index in [0.717, 1.165) is 4.31 Å². The van der Waals surface area contributed by atoms with Gasteiger partial charge in [-0.25, -0.2) is 8.42 Å². The van der Waals surface area contributed by atoms with Crippen LogP contribution in [0.4, 0.5) is 5.69 Å². The second kappa shape index (κ2) is 7.90. The molecule has 0 bridgehead atoms. The number of rotatable bonds is 8. The van der Waals surface area contributed by atoms with E-state index in [4.69, 9.17) is 5.11 Å². The van der Waals surface area contributed by atoms with Crippen LogP contribution in [0.5, 0.6) is 0 Å².